The molecular formula is C26H21O2P. The van der Waals surface area contributed by atoms with Crippen molar-refractivity contribution in [2.75, 3.05) is 0 Å². The van der Waals surface area contributed by atoms with E-state index in [0.29, 0.717) is 5.76 Å². The first-order chi connectivity index (χ1) is 14.3. The minimum Gasteiger partial charge on any atom is -0.465 e. The summed E-state index contributed by atoms with van der Waals surface area (Å²) in [5.74, 6) is 2.54. The van der Waals surface area contributed by atoms with Crippen molar-refractivity contribution in [1.82, 2.24) is 0 Å². The Labute approximate surface area is 171 Å². The molecule has 0 radical (unpaired) electrons. The summed E-state index contributed by atoms with van der Waals surface area (Å²) in [7, 11) is 0. The number of carbonyl (C=O) groups is 1. The second-order valence-electron chi connectivity index (χ2n) is 6.61. The van der Waals surface area contributed by atoms with Crippen LogP contribution in [0.25, 0.3) is 6.08 Å². The molecule has 3 aromatic carbocycles. The lowest BCUT2D eigenvalue weighted by atomic mass is 10.3. The number of allylic oxidation sites excluding steroid dienone is 1. The predicted octanol–water partition coefficient (Wildman–Crippen LogP) is 4.66. The number of ketones is 1. The van der Waals surface area contributed by atoms with Crippen LogP contribution >= 0.6 is 6.89 Å². The molecule has 142 valence electrons. The molecule has 1 heterocycles. The first kappa shape index (κ1) is 19.0. The molecule has 0 amide bonds. The predicted molar refractivity (Wildman–Crippen MR) is 124 cm³/mol. The lowest BCUT2D eigenvalue weighted by Gasteiger charge is -2.28. The van der Waals surface area contributed by atoms with E-state index in [1.165, 1.54) is 0 Å². The zero-order chi connectivity index (χ0) is 19.9. The highest BCUT2D eigenvalue weighted by atomic mass is 31.2. The lowest BCUT2D eigenvalue weighted by Crippen LogP contribution is -2.28. The van der Waals surface area contributed by atoms with E-state index in [1.807, 2.05) is 72.5 Å². The molecule has 0 N–H and O–H groups in total. The summed E-state index contributed by atoms with van der Waals surface area (Å²) in [5, 5.41) is 3.45. The molecule has 0 aliphatic rings. The van der Waals surface area contributed by atoms with Gasteiger partial charge in [-0.1, -0.05) is 91.0 Å². The number of furan rings is 1. The van der Waals surface area contributed by atoms with Gasteiger partial charge in [0.15, 0.2) is 5.78 Å². The van der Waals surface area contributed by atoms with Crippen molar-refractivity contribution in [3.63, 3.8) is 0 Å². The molecule has 29 heavy (non-hydrogen) atoms. The highest BCUT2D eigenvalue weighted by Crippen LogP contribution is 2.43. The Hall–Kier alpha value is -3.35. The first-order valence-corrected chi connectivity index (χ1v) is 11.3. The monoisotopic (exact) mass is 396 g/mol. The molecule has 3 heteroatoms. The third-order valence-corrected chi connectivity index (χ3v) is 8.75. The molecule has 2 nitrogen and oxygen atoms in total. The fourth-order valence-corrected chi connectivity index (χ4v) is 7.18. The van der Waals surface area contributed by atoms with Gasteiger partial charge in [0.25, 0.3) is 0 Å². The number of benzene rings is 3. The van der Waals surface area contributed by atoms with Crippen molar-refractivity contribution in [1.29, 1.82) is 0 Å². The second-order valence-corrected chi connectivity index (χ2v) is 9.86. The van der Waals surface area contributed by atoms with E-state index >= 15 is 0 Å². The van der Waals surface area contributed by atoms with Gasteiger partial charge in [-0.2, -0.15) is 0 Å². The van der Waals surface area contributed by atoms with Crippen LogP contribution in [-0.2, 0) is 4.79 Å². The molecular weight excluding hydrogens is 375 g/mol. The number of rotatable bonds is 6. The Morgan fingerprint density at radius 3 is 1.55 bits per heavy atom. The molecule has 1 aromatic heterocycles. The summed E-state index contributed by atoms with van der Waals surface area (Å²) >= 11 is 0. The van der Waals surface area contributed by atoms with Gasteiger partial charge in [-0.05, 0) is 52.9 Å². The summed E-state index contributed by atoms with van der Waals surface area (Å²) in [5.41, 5.74) is 0. The van der Waals surface area contributed by atoms with Gasteiger partial charge in [-0.15, -0.1) is 0 Å². The first-order valence-electron chi connectivity index (χ1n) is 9.46. The Balaban J connectivity index is 1.96. The van der Waals surface area contributed by atoms with Gasteiger partial charge in [-0.25, -0.2) is 0 Å². The third-order valence-electron chi connectivity index (χ3n) is 4.77. The van der Waals surface area contributed by atoms with Crippen LogP contribution in [0.1, 0.15) is 5.76 Å². The van der Waals surface area contributed by atoms with E-state index in [0.717, 1.165) is 15.9 Å². The van der Waals surface area contributed by atoms with E-state index in [-0.39, 0.29) is 5.78 Å². The molecule has 0 saturated heterocycles. The summed E-state index contributed by atoms with van der Waals surface area (Å²) in [6.07, 6.45) is 4.90. The van der Waals surface area contributed by atoms with Gasteiger partial charge >= 0.3 is 0 Å². The quantitative estimate of drug-likeness (QED) is 0.351. The van der Waals surface area contributed by atoms with E-state index in [1.54, 1.807) is 18.4 Å². The van der Waals surface area contributed by atoms with Crippen LogP contribution in [0.2, 0.25) is 0 Å². The fraction of sp³-hybridized carbons (Fsp3) is 0. The van der Waals surface area contributed by atoms with Crippen LogP contribution in [0.5, 0.6) is 0 Å². The van der Waals surface area contributed by atoms with Gasteiger partial charge in [0.05, 0.1) is 6.26 Å². The Morgan fingerprint density at radius 1 is 0.655 bits per heavy atom. The Kier molecular flexibility index (Phi) is 5.74. The van der Waals surface area contributed by atoms with Gasteiger partial charge in [0.2, 0.25) is 0 Å². The second kappa shape index (κ2) is 8.77. The lowest BCUT2D eigenvalue weighted by molar-refractivity contribution is -0.108. The van der Waals surface area contributed by atoms with Crippen LogP contribution in [0.3, 0.4) is 0 Å². The van der Waals surface area contributed by atoms with E-state index in [4.69, 9.17) is 4.42 Å². The topological polar surface area (TPSA) is 30.2 Å². The minimum absolute atomic E-state index is 0.0358. The van der Waals surface area contributed by atoms with Crippen LogP contribution in [0.4, 0.5) is 0 Å². The number of carbonyl (C=O) groups excluding carboxylic acids is 1. The van der Waals surface area contributed by atoms with E-state index in [9.17, 15) is 4.79 Å². The van der Waals surface area contributed by atoms with Crippen LogP contribution in [0, 0.1) is 0 Å². The highest BCUT2D eigenvalue weighted by Gasteiger charge is 2.25. The Morgan fingerprint density at radius 2 is 1.14 bits per heavy atom. The fourth-order valence-electron chi connectivity index (χ4n) is 3.44. The zero-order valence-electron chi connectivity index (χ0n) is 15.9. The molecule has 0 fully saturated rings. The van der Waals surface area contributed by atoms with Gasteiger partial charge < -0.3 is 4.42 Å². The maximum atomic E-state index is 13.1. The summed E-state index contributed by atoms with van der Waals surface area (Å²) in [6, 6.07) is 34.6. The summed E-state index contributed by atoms with van der Waals surface area (Å²) in [6.45, 7) is -2.27. The van der Waals surface area contributed by atoms with Crippen LogP contribution < -0.4 is 15.9 Å². The normalized spacial score (nSPS) is 11.4. The molecule has 0 saturated carbocycles. The number of hydrogen-bond donors (Lipinski definition) is 0. The largest absolute Gasteiger partial charge is 0.465 e. The smallest absolute Gasteiger partial charge is 0.179 e. The van der Waals surface area contributed by atoms with Crippen LogP contribution in [-0.4, -0.2) is 11.6 Å². The van der Waals surface area contributed by atoms with Gasteiger partial charge in [0, 0.05) is 0 Å². The SMILES string of the molecule is O=C(C=Cc1ccco1)C=P(c1ccccc1)(c1ccccc1)c1ccccc1. The Bertz CT molecular complexity index is 1040. The van der Waals surface area contributed by atoms with E-state index < -0.39 is 6.89 Å². The molecule has 0 aliphatic carbocycles. The summed E-state index contributed by atoms with van der Waals surface area (Å²) < 4.78 is 5.32. The van der Waals surface area contributed by atoms with Crippen molar-refractivity contribution in [2.24, 2.45) is 0 Å². The molecule has 0 spiro atoms. The molecule has 0 unspecified atom stereocenters. The summed E-state index contributed by atoms with van der Waals surface area (Å²) in [4.78, 5) is 13.1. The maximum absolute atomic E-state index is 13.1. The minimum atomic E-state index is -2.27. The molecule has 0 bridgehead atoms. The van der Waals surface area contributed by atoms with Crippen molar-refractivity contribution in [2.45, 2.75) is 0 Å². The third kappa shape index (κ3) is 4.08. The average molecular weight is 396 g/mol. The standard InChI is InChI=1S/C26H21O2P/c27-22(18-19-23-11-10-20-28-23)21-29(24-12-4-1-5-13-24,25-14-6-2-7-15-25)26-16-8-3-9-17-26/h1-21H. The molecule has 0 atom stereocenters. The maximum Gasteiger partial charge on any atom is 0.179 e. The number of hydrogen-bond acceptors (Lipinski definition) is 2. The van der Waals surface area contributed by atoms with Crippen molar-refractivity contribution in [3.05, 3.63) is 121 Å². The van der Waals surface area contributed by atoms with E-state index in [2.05, 4.69) is 36.4 Å². The van der Waals surface area contributed by atoms with Crippen molar-refractivity contribution < 1.29 is 9.21 Å². The zero-order valence-corrected chi connectivity index (χ0v) is 16.8. The average Bonchev–Trinajstić information content (AvgIpc) is 3.32. The molecule has 4 aromatic rings. The van der Waals surface area contributed by atoms with Crippen LogP contribution in [0.15, 0.2) is 120 Å². The molecule has 4 rings (SSSR count). The van der Waals surface area contributed by atoms with Gasteiger partial charge in [-0.3, -0.25) is 4.79 Å². The van der Waals surface area contributed by atoms with Crippen molar-refractivity contribution >= 4 is 40.5 Å². The van der Waals surface area contributed by atoms with Crippen molar-refractivity contribution in [3.8, 4) is 0 Å². The van der Waals surface area contributed by atoms with Gasteiger partial charge in [0.1, 0.15) is 5.76 Å². The molecule has 0 aliphatic heterocycles. The highest BCUT2D eigenvalue weighted by molar-refractivity contribution is 7.95.